The molecule has 0 amide bonds. The van der Waals surface area contributed by atoms with E-state index in [1.54, 1.807) is 0 Å². The van der Waals surface area contributed by atoms with Crippen LogP contribution in [0.1, 0.15) is 32.1 Å². The zero-order chi connectivity index (χ0) is 17.4. The van der Waals surface area contributed by atoms with E-state index in [1.165, 1.54) is 24.3 Å². The molecule has 9 heteroatoms. The lowest BCUT2D eigenvalue weighted by molar-refractivity contribution is 0.453. The molecular weight excluding hydrogens is 350 g/mol. The first-order valence-corrected chi connectivity index (χ1v) is 11.1. The summed E-state index contributed by atoms with van der Waals surface area (Å²) >= 11 is 0. The first-order chi connectivity index (χ1) is 11.3. The van der Waals surface area contributed by atoms with Crippen LogP contribution in [0, 0.1) is 5.92 Å². The minimum Gasteiger partial charge on any atom is -0.330 e. The third-order valence-corrected chi connectivity index (χ3v) is 7.60. The van der Waals surface area contributed by atoms with Crippen molar-refractivity contribution in [1.29, 1.82) is 0 Å². The number of rotatable bonds is 7. The van der Waals surface area contributed by atoms with E-state index in [0.717, 1.165) is 32.1 Å². The Morgan fingerprint density at radius 2 is 1.58 bits per heavy atom. The Kier molecular flexibility index (Phi) is 4.99. The van der Waals surface area contributed by atoms with Crippen molar-refractivity contribution >= 4 is 20.0 Å². The van der Waals surface area contributed by atoms with Crippen LogP contribution in [0.25, 0.3) is 0 Å². The number of hydrogen-bond acceptors (Lipinski definition) is 5. The van der Waals surface area contributed by atoms with E-state index in [-0.39, 0.29) is 27.8 Å². The summed E-state index contributed by atoms with van der Waals surface area (Å²) in [6.45, 7) is 0.437. The van der Waals surface area contributed by atoms with Gasteiger partial charge in [0.2, 0.25) is 20.0 Å². The Bertz CT molecular complexity index is 804. The molecule has 4 N–H and O–H groups in total. The van der Waals surface area contributed by atoms with Crippen molar-refractivity contribution in [3.05, 3.63) is 24.3 Å². The topological polar surface area (TPSA) is 118 Å². The Labute approximate surface area is 143 Å². The van der Waals surface area contributed by atoms with Crippen molar-refractivity contribution in [1.82, 2.24) is 9.44 Å². The fraction of sp³-hybridized carbons (Fsp3) is 0.600. The van der Waals surface area contributed by atoms with Crippen molar-refractivity contribution in [3.8, 4) is 0 Å². The molecule has 2 fully saturated rings. The quantitative estimate of drug-likeness (QED) is 0.644. The second-order valence-corrected chi connectivity index (χ2v) is 9.95. The van der Waals surface area contributed by atoms with Crippen LogP contribution in [0.3, 0.4) is 0 Å². The average Bonchev–Trinajstić information content (AvgIpc) is 3.23. The van der Waals surface area contributed by atoms with Crippen LogP contribution >= 0.6 is 0 Å². The summed E-state index contributed by atoms with van der Waals surface area (Å²) in [6.07, 6.45) is 4.24. The Morgan fingerprint density at radius 3 is 2.17 bits per heavy atom. The molecule has 1 aromatic carbocycles. The molecule has 7 nitrogen and oxygen atoms in total. The van der Waals surface area contributed by atoms with Crippen LogP contribution in [-0.4, -0.2) is 35.5 Å². The van der Waals surface area contributed by atoms with Crippen molar-refractivity contribution in [2.24, 2.45) is 11.7 Å². The SMILES string of the molecule is NCC1CCCC1NS(=O)(=O)c1cccc(S(=O)(=O)NC2CC2)c1. The summed E-state index contributed by atoms with van der Waals surface area (Å²) < 4.78 is 55.0. The molecule has 0 radical (unpaired) electrons. The zero-order valence-corrected chi connectivity index (χ0v) is 14.9. The maximum absolute atomic E-state index is 12.6. The summed E-state index contributed by atoms with van der Waals surface area (Å²) in [6, 6.07) is 5.25. The van der Waals surface area contributed by atoms with E-state index in [4.69, 9.17) is 5.73 Å². The van der Waals surface area contributed by atoms with E-state index >= 15 is 0 Å². The first kappa shape index (κ1) is 17.8. The smallest absolute Gasteiger partial charge is 0.240 e. The van der Waals surface area contributed by atoms with Gasteiger partial charge in [0, 0.05) is 12.1 Å². The molecule has 0 heterocycles. The minimum atomic E-state index is -3.78. The van der Waals surface area contributed by atoms with Crippen LogP contribution < -0.4 is 15.2 Å². The van der Waals surface area contributed by atoms with Gasteiger partial charge in [-0.05, 0) is 56.3 Å². The molecule has 1 aromatic rings. The lowest BCUT2D eigenvalue weighted by Crippen LogP contribution is -2.39. The number of sulfonamides is 2. The van der Waals surface area contributed by atoms with E-state index in [9.17, 15) is 16.8 Å². The van der Waals surface area contributed by atoms with Crippen molar-refractivity contribution in [3.63, 3.8) is 0 Å². The summed E-state index contributed by atoms with van der Waals surface area (Å²) in [7, 11) is -7.46. The standard InChI is InChI=1S/C15H23N3O4S2/c16-10-11-3-1-6-15(11)18-24(21,22)14-5-2-4-13(9-14)23(19,20)17-12-7-8-12/h2,4-5,9,11-12,15,17-18H,1,3,6-8,10,16H2. The van der Waals surface area contributed by atoms with Crippen LogP contribution in [0.15, 0.2) is 34.1 Å². The second-order valence-electron chi connectivity index (χ2n) is 6.52. The summed E-state index contributed by atoms with van der Waals surface area (Å²) in [5.74, 6) is 0.128. The fourth-order valence-electron chi connectivity index (χ4n) is 3.04. The molecule has 2 atom stereocenters. The van der Waals surface area contributed by atoms with Gasteiger partial charge in [0.15, 0.2) is 0 Å². The van der Waals surface area contributed by atoms with E-state index < -0.39 is 20.0 Å². The maximum Gasteiger partial charge on any atom is 0.240 e. The van der Waals surface area contributed by atoms with Crippen molar-refractivity contribution in [2.45, 2.75) is 54.0 Å². The number of nitrogens with two attached hydrogens (primary N) is 1. The summed E-state index contributed by atoms with van der Waals surface area (Å²) in [5.41, 5.74) is 5.69. The molecule has 2 aliphatic carbocycles. The largest absolute Gasteiger partial charge is 0.330 e. The number of hydrogen-bond donors (Lipinski definition) is 3. The van der Waals surface area contributed by atoms with Gasteiger partial charge in [-0.1, -0.05) is 12.5 Å². The van der Waals surface area contributed by atoms with Crippen LogP contribution in [0.2, 0.25) is 0 Å². The molecule has 0 spiro atoms. The van der Waals surface area contributed by atoms with Crippen LogP contribution in [0.5, 0.6) is 0 Å². The fourth-order valence-corrected chi connectivity index (χ4v) is 5.85. The number of nitrogens with one attached hydrogen (secondary N) is 2. The van der Waals surface area contributed by atoms with E-state index in [2.05, 4.69) is 9.44 Å². The highest BCUT2D eigenvalue weighted by Gasteiger charge is 2.32. The molecule has 0 aromatic heterocycles. The van der Waals surface area contributed by atoms with E-state index in [1.807, 2.05) is 0 Å². The van der Waals surface area contributed by atoms with Gasteiger partial charge in [0.25, 0.3) is 0 Å². The lowest BCUT2D eigenvalue weighted by Gasteiger charge is -2.19. The van der Waals surface area contributed by atoms with Crippen molar-refractivity contribution < 1.29 is 16.8 Å². The maximum atomic E-state index is 12.6. The third-order valence-electron chi connectivity index (χ3n) is 4.59. The van der Waals surface area contributed by atoms with Crippen LogP contribution in [0.4, 0.5) is 0 Å². The lowest BCUT2D eigenvalue weighted by atomic mass is 10.1. The predicted molar refractivity (Wildman–Crippen MR) is 90.3 cm³/mol. The average molecular weight is 374 g/mol. The first-order valence-electron chi connectivity index (χ1n) is 8.16. The third kappa shape index (κ3) is 3.97. The normalized spacial score (nSPS) is 25.0. The Balaban J connectivity index is 1.82. The molecule has 3 rings (SSSR count). The van der Waals surface area contributed by atoms with Gasteiger partial charge in [-0.15, -0.1) is 0 Å². The highest BCUT2D eigenvalue weighted by molar-refractivity contribution is 7.90. The van der Waals surface area contributed by atoms with Crippen LogP contribution in [-0.2, 0) is 20.0 Å². The Hall–Kier alpha value is -1.00. The highest BCUT2D eigenvalue weighted by atomic mass is 32.2. The monoisotopic (exact) mass is 373 g/mol. The van der Waals surface area contributed by atoms with Crippen molar-refractivity contribution in [2.75, 3.05) is 6.54 Å². The number of benzene rings is 1. The van der Waals surface area contributed by atoms with Gasteiger partial charge in [-0.25, -0.2) is 26.3 Å². The van der Waals surface area contributed by atoms with Gasteiger partial charge >= 0.3 is 0 Å². The molecule has 0 bridgehead atoms. The molecule has 2 unspecified atom stereocenters. The minimum absolute atomic E-state index is 0.0286. The zero-order valence-electron chi connectivity index (χ0n) is 13.3. The van der Waals surface area contributed by atoms with Gasteiger partial charge in [-0.2, -0.15) is 0 Å². The highest BCUT2D eigenvalue weighted by Crippen LogP contribution is 2.27. The van der Waals surface area contributed by atoms with Gasteiger partial charge < -0.3 is 5.73 Å². The molecule has 0 aliphatic heterocycles. The molecule has 2 aliphatic rings. The van der Waals surface area contributed by atoms with Gasteiger partial charge in [0.05, 0.1) is 9.79 Å². The molecule has 24 heavy (non-hydrogen) atoms. The second kappa shape index (κ2) is 6.72. The predicted octanol–water partition coefficient (Wildman–Crippen LogP) is 0.533. The van der Waals surface area contributed by atoms with Gasteiger partial charge in [-0.3, -0.25) is 0 Å². The summed E-state index contributed by atoms with van der Waals surface area (Å²) in [4.78, 5) is -0.0667. The Morgan fingerprint density at radius 1 is 0.958 bits per heavy atom. The molecule has 0 saturated heterocycles. The molecular formula is C15H23N3O4S2. The molecule has 2 saturated carbocycles. The van der Waals surface area contributed by atoms with Gasteiger partial charge in [0.1, 0.15) is 0 Å². The molecule has 134 valence electrons. The summed E-state index contributed by atoms with van der Waals surface area (Å²) in [5, 5.41) is 0. The van der Waals surface area contributed by atoms with E-state index in [0.29, 0.717) is 6.54 Å².